The minimum absolute atomic E-state index is 0.226. The van der Waals surface area contributed by atoms with Crippen molar-refractivity contribution < 1.29 is 14.3 Å². The predicted molar refractivity (Wildman–Crippen MR) is 115 cm³/mol. The second kappa shape index (κ2) is 10.4. The molecule has 2 N–H and O–H groups in total. The summed E-state index contributed by atoms with van der Waals surface area (Å²) in [5.74, 6) is 1.11. The number of aryl methyl sites for hydroxylation is 1. The van der Waals surface area contributed by atoms with Gasteiger partial charge in [0.2, 0.25) is 5.88 Å². The highest BCUT2D eigenvalue weighted by Crippen LogP contribution is 2.31. The summed E-state index contributed by atoms with van der Waals surface area (Å²) in [6, 6.07) is 14.3. The average Bonchev–Trinajstić information content (AvgIpc) is 2.78. The summed E-state index contributed by atoms with van der Waals surface area (Å²) in [6.45, 7) is 3.70. The number of carbonyl (C=O) groups is 1. The van der Waals surface area contributed by atoms with E-state index in [0.29, 0.717) is 11.5 Å². The number of nitrogens with one attached hydrogen (secondary N) is 2. The molecular formula is C23H26N4O3. The van der Waals surface area contributed by atoms with E-state index in [1.165, 1.54) is 30.6 Å². The molecule has 0 aliphatic rings. The Labute approximate surface area is 176 Å². The first-order valence-corrected chi connectivity index (χ1v) is 9.74. The second-order valence-electron chi connectivity index (χ2n) is 6.82. The van der Waals surface area contributed by atoms with Crippen molar-refractivity contribution in [2.75, 3.05) is 20.7 Å². The van der Waals surface area contributed by atoms with Crippen LogP contribution in [0.25, 0.3) is 0 Å². The van der Waals surface area contributed by atoms with Crippen molar-refractivity contribution in [3.63, 3.8) is 0 Å². The molecule has 2 aromatic carbocycles. The van der Waals surface area contributed by atoms with Gasteiger partial charge in [-0.15, -0.1) is 0 Å². The fraction of sp³-hybridized carbons (Fsp3) is 0.261. The molecule has 0 atom stereocenters. The number of aromatic nitrogens is 2. The fourth-order valence-corrected chi connectivity index (χ4v) is 2.85. The minimum Gasteiger partial charge on any atom is -0.493 e. The summed E-state index contributed by atoms with van der Waals surface area (Å²) in [5.41, 5.74) is 3.90. The lowest BCUT2D eigenvalue weighted by molar-refractivity contribution is 0.0957. The molecule has 0 aliphatic carbocycles. The molecule has 0 spiro atoms. The molecule has 0 bridgehead atoms. The van der Waals surface area contributed by atoms with Crippen LogP contribution in [0, 0.1) is 6.92 Å². The van der Waals surface area contributed by atoms with Crippen molar-refractivity contribution in [1.82, 2.24) is 20.6 Å². The van der Waals surface area contributed by atoms with E-state index in [2.05, 4.69) is 51.8 Å². The first-order chi connectivity index (χ1) is 14.6. The van der Waals surface area contributed by atoms with Gasteiger partial charge in [0.15, 0.2) is 11.5 Å². The molecule has 0 saturated carbocycles. The first-order valence-electron chi connectivity index (χ1n) is 9.74. The Morgan fingerprint density at radius 1 is 1.00 bits per heavy atom. The van der Waals surface area contributed by atoms with Gasteiger partial charge in [0, 0.05) is 13.6 Å². The van der Waals surface area contributed by atoms with Gasteiger partial charge in [-0.2, -0.15) is 0 Å². The number of hydrogen-bond donors (Lipinski definition) is 2. The molecule has 1 aromatic heterocycles. The van der Waals surface area contributed by atoms with Crippen LogP contribution in [0.2, 0.25) is 0 Å². The summed E-state index contributed by atoms with van der Waals surface area (Å²) in [5, 5.41) is 5.95. The van der Waals surface area contributed by atoms with E-state index < -0.39 is 0 Å². The zero-order valence-corrected chi connectivity index (χ0v) is 17.4. The third kappa shape index (κ3) is 5.78. The highest BCUT2D eigenvalue weighted by molar-refractivity contribution is 5.91. The van der Waals surface area contributed by atoms with Gasteiger partial charge in [-0.3, -0.25) is 4.79 Å². The Morgan fingerprint density at radius 2 is 1.77 bits per heavy atom. The molecule has 7 heteroatoms. The zero-order valence-electron chi connectivity index (χ0n) is 17.4. The van der Waals surface area contributed by atoms with Crippen LogP contribution < -0.4 is 20.1 Å². The van der Waals surface area contributed by atoms with Gasteiger partial charge in [0.25, 0.3) is 5.91 Å². The van der Waals surface area contributed by atoms with Crippen molar-refractivity contribution in [3.05, 3.63) is 77.2 Å². The van der Waals surface area contributed by atoms with Crippen LogP contribution >= 0.6 is 0 Å². The summed E-state index contributed by atoms with van der Waals surface area (Å²) in [6.07, 6.45) is 3.75. The SMILES string of the molecule is CNC(=O)c1cnc(Oc2ccc(CNCCc3ccc(C)cc3)cc2OC)cn1. The number of ether oxygens (including phenoxy) is 2. The quantitative estimate of drug-likeness (QED) is 0.531. The summed E-state index contributed by atoms with van der Waals surface area (Å²) >= 11 is 0. The van der Waals surface area contributed by atoms with Crippen LogP contribution in [-0.4, -0.2) is 36.6 Å². The number of carbonyl (C=O) groups excluding carboxylic acids is 1. The predicted octanol–water partition coefficient (Wildman–Crippen LogP) is 3.28. The van der Waals surface area contributed by atoms with Crippen LogP contribution in [-0.2, 0) is 13.0 Å². The van der Waals surface area contributed by atoms with Gasteiger partial charge in [-0.1, -0.05) is 35.9 Å². The maximum Gasteiger partial charge on any atom is 0.271 e. The molecule has 1 heterocycles. The van der Waals surface area contributed by atoms with Gasteiger partial charge in [0.1, 0.15) is 5.69 Å². The summed E-state index contributed by atoms with van der Waals surface area (Å²) in [7, 11) is 3.13. The van der Waals surface area contributed by atoms with E-state index in [-0.39, 0.29) is 17.5 Å². The van der Waals surface area contributed by atoms with Crippen LogP contribution in [0.3, 0.4) is 0 Å². The third-order valence-electron chi connectivity index (χ3n) is 4.57. The van der Waals surface area contributed by atoms with Crippen molar-refractivity contribution in [1.29, 1.82) is 0 Å². The highest BCUT2D eigenvalue weighted by Gasteiger charge is 2.10. The molecule has 30 heavy (non-hydrogen) atoms. The third-order valence-corrected chi connectivity index (χ3v) is 4.57. The smallest absolute Gasteiger partial charge is 0.271 e. The Bertz CT molecular complexity index is 973. The van der Waals surface area contributed by atoms with Crippen LogP contribution in [0.15, 0.2) is 54.9 Å². The lowest BCUT2D eigenvalue weighted by Gasteiger charge is -2.12. The number of benzene rings is 2. The normalized spacial score (nSPS) is 10.5. The van der Waals surface area contributed by atoms with E-state index in [0.717, 1.165) is 25.1 Å². The first kappa shape index (κ1) is 21.3. The Hall–Kier alpha value is -3.45. The number of nitrogens with zero attached hydrogens (tertiary/aromatic N) is 2. The fourth-order valence-electron chi connectivity index (χ4n) is 2.85. The van der Waals surface area contributed by atoms with E-state index in [1.54, 1.807) is 7.11 Å². The molecule has 1 amide bonds. The lowest BCUT2D eigenvalue weighted by Crippen LogP contribution is -2.19. The van der Waals surface area contributed by atoms with Crippen molar-refractivity contribution in [3.8, 4) is 17.4 Å². The molecule has 7 nitrogen and oxygen atoms in total. The van der Waals surface area contributed by atoms with Crippen LogP contribution in [0.4, 0.5) is 0 Å². The van der Waals surface area contributed by atoms with Gasteiger partial charge in [0.05, 0.1) is 19.5 Å². The van der Waals surface area contributed by atoms with Crippen LogP contribution in [0.1, 0.15) is 27.2 Å². The van der Waals surface area contributed by atoms with E-state index in [9.17, 15) is 4.79 Å². The molecule has 0 saturated heterocycles. The van der Waals surface area contributed by atoms with Gasteiger partial charge in [-0.05, 0) is 43.1 Å². The number of hydrogen-bond acceptors (Lipinski definition) is 6. The van der Waals surface area contributed by atoms with Gasteiger partial charge >= 0.3 is 0 Å². The van der Waals surface area contributed by atoms with E-state index in [4.69, 9.17) is 9.47 Å². The number of amides is 1. The van der Waals surface area contributed by atoms with Crippen molar-refractivity contribution in [2.45, 2.75) is 19.9 Å². The van der Waals surface area contributed by atoms with Gasteiger partial charge < -0.3 is 20.1 Å². The van der Waals surface area contributed by atoms with Crippen molar-refractivity contribution >= 4 is 5.91 Å². The largest absolute Gasteiger partial charge is 0.493 e. The molecule has 0 unspecified atom stereocenters. The molecule has 156 valence electrons. The maximum absolute atomic E-state index is 11.5. The monoisotopic (exact) mass is 406 g/mol. The van der Waals surface area contributed by atoms with Gasteiger partial charge in [-0.25, -0.2) is 9.97 Å². The average molecular weight is 406 g/mol. The molecule has 3 aromatic rings. The number of methoxy groups -OCH3 is 1. The van der Waals surface area contributed by atoms with Crippen molar-refractivity contribution in [2.24, 2.45) is 0 Å². The minimum atomic E-state index is -0.300. The van der Waals surface area contributed by atoms with E-state index >= 15 is 0 Å². The zero-order chi connectivity index (χ0) is 21.3. The van der Waals surface area contributed by atoms with E-state index in [1.807, 2.05) is 18.2 Å². The van der Waals surface area contributed by atoms with Crippen LogP contribution in [0.5, 0.6) is 17.4 Å². The molecule has 0 aliphatic heterocycles. The lowest BCUT2D eigenvalue weighted by atomic mass is 10.1. The summed E-state index contributed by atoms with van der Waals surface area (Å²) in [4.78, 5) is 19.7. The molecule has 0 radical (unpaired) electrons. The second-order valence-corrected chi connectivity index (χ2v) is 6.82. The standard InChI is InChI=1S/C23H26N4O3/c1-16-4-6-17(7-5-16)10-11-25-13-18-8-9-20(21(12-18)29-3)30-22-15-26-19(14-27-22)23(28)24-2/h4-9,12,14-15,25H,10-11,13H2,1-3H3,(H,24,28). The Morgan fingerprint density at radius 3 is 2.43 bits per heavy atom. The topological polar surface area (TPSA) is 85.4 Å². The Kier molecular flexibility index (Phi) is 7.34. The molecular weight excluding hydrogens is 380 g/mol. The Balaban J connectivity index is 1.56. The highest BCUT2D eigenvalue weighted by atomic mass is 16.5. The molecule has 3 rings (SSSR count). The maximum atomic E-state index is 11.5. The molecule has 0 fully saturated rings. The number of rotatable bonds is 9. The summed E-state index contributed by atoms with van der Waals surface area (Å²) < 4.78 is 11.2.